The second-order valence-electron chi connectivity index (χ2n) is 1.96. The molecule has 0 atom stereocenters. The molecule has 0 saturated carbocycles. The summed E-state index contributed by atoms with van der Waals surface area (Å²) in [4.78, 5) is 4.07. The highest BCUT2D eigenvalue weighted by Crippen LogP contribution is 2.30. The first-order chi connectivity index (χ1) is 5.77. The van der Waals surface area contributed by atoms with Crippen molar-refractivity contribution in [2.45, 2.75) is 4.34 Å². The van der Waals surface area contributed by atoms with Gasteiger partial charge in [0.2, 0.25) is 0 Å². The van der Waals surface area contributed by atoms with Crippen molar-refractivity contribution < 1.29 is 0 Å². The van der Waals surface area contributed by atoms with Gasteiger partial charge in [-0.1, -0.05) is 11.3 Å². The molecule has 12 heavy (non-hydrogen) atoms. The second-order valence-corrected chi connectivity index (χ2v) is 4.55. The molecule has 0 aromatic carbocycles. The van der Waals surface area contributed by atoms with Gasteiger partial charge in [-0.15, -0.1) is 34.2 Å². The van der Waals surface area contributed by atoms with E-state index in [1.807, 2.05) is 0 Å². The van der Waals surface area contributed by atoms with Crippen LogP contribution in [0.25, 0.3) is 10.7 Å². The Morgan fingerprint density at radius 3 is 2.75 bits per heavy atom. The summed E-state index contributed by atoms with van der Waals surface area (Å²) in [6.45, 7) is 0. The van der Waals surface area contributed by atoms with Gasteiger partial charge in [0.05, 0.1) is 5.51 Å². The average Bonchev–Trinajstić information content (AvgIpc) is 2.58. The maximum atomic E-state index is 5.65. The average molecular weight is 216 g/mol. The van der Waals surface area contributed by atoms with E-state index >= 15 is 0 Å². The van der Waals surface area contributed by atoms with Crippen molar-refractivity contribution in [1.29, 1.82) is 0 Å². The highest BCUT2D eigenvalue weighted by Gasteiger charge is 2.10. The largest absolute Gasteiger partial charge is 0.389 e. The van der Waals surface area contributed by atoms with E-state index in [9.17, 15) is 0 Å². The molecule has 2 rings (SSSR count). The highest BCUT2D eigenvalue weighted by atomic mass is 32.2. The number of rotatable bonds is 1. The third-order valence-electron chi connectivity index (χ3n) is 1.21. The Hall–Kier alpha value is -0.660. The fourth-order valence-electron chi connectivity index (χ4n) is 0.727. The van der Waals surface area contributed by atoms with Crippen molar-refractivity contribution in [2.75, 3.05) is 5.73 Å². The number of aromatic nitrogens is 3. The Morgan fingerprint density at radius 1 is 1.42 bits per heavy atom. The number of hydrogen-bond donors (Lipinski definition) is 2. The van der Waals surface area contributed by atoms with Crippen LogP contribution in [0.1, 0.15) is 0 Å². The fraction of sp³-hybridized carbons (Fsp3) is 0. The predicted octanol–water partition coefficient (Wildman–Crippen LogP) is 1.53. The molecule has 2 aromatic rings. The molecule has 2 aromatic heterocycles. The molecule has 2 N–H and O–H groups in total. The lowest BCUT2D eigenvalue weighted by Crippen LogP contribution is -1.84. The first-order valence-electron chi connectivity index (χ1n) is 2.99. The SMILES string of the molecule is Nc1scnc1-c1nnc(S)s1. The van der Waals surface area contributed by atoms with Gasteiger partial charge in [0, 0.05) is 0 Å². The zero-order valence-corrected chi connectivity index (χ0v) is 8.29. The van der Waals surface area contributed by atoms with E-state index in [0.717, 1.165) is 5.01 Å². The second kappa shape index (κ2) is 3.00. The van der Waals surface area contributed by atoms with Crippen molar-refractivity contribution in [3.63, 3.8) is 0 Å². The third-order valence-corrected chi connectivity index (χ3v) is 2.97. The summed E-state index contributed by atoms with van der Waals surface area (Å²) in [5.41, 5.74) is 8.04. The molecule has 62 valence electrons. The lowest BCUT2D eigenvalue weighted by molar-refractivity contribution is 1.02. The van der Waals surface area contributed by atoms with Gasteiger partial charge in [0.15, 0.2) is 9.35 Å². The molecule has 0 saturated heterocycles. The van der Waals surface area contributed by atoms with Crippen molar-refractivity contribution >= 4 is 40.3 Å². The van der Waals surface area contributed by atoms with E-state index in [1.54, 1.807) is 5.51 Å². The van der Waals surface area contributed by atoms with Gasteiger partial charge in [-0.2, -0.15) is 0 Å². The molecule has 2 heterocycles. The maximum absolute atomic E-state index is 5.65. The predicted molar refractivity (Wildman–Crippen MR) is 52.7 cm³/mol. The Bertz CT molecular complexity index is 393. The third kappa shape index (κ3) is 1.30. The first kappa shape index (κ1) is 7.96. The van der Waals surface area contributed by atoms with E-state index in [-0.39, 0.29) is 0 Å². The molecule has 7 heteroatoms. The first-order valence-corrected chi connectivity index (χ1v) is 5.13. The van der Waals surface area contributed by atoms with Gasteiger partial charge >= 0.3 is 0 Å². The minimum Gasteiger partial charge on any atom is -0.389 e. The number of nitrogens with two attached hydrogens (primary N) is 1. The molecule has 0 aliphatic carbocycles. The van der Waals surface area contributed by atoms with Gasteiger partial charge in [0.1, 0.15) is 10.7 Å². The molecule has 0 fully saturated rings. The van der Waals surface area contributed by atoms with Crippen LogP contribution in [0.5, 0.6) is 0 Å². The molecule has 0 spiro atoms. The highest BCUT2D eigenvalue weighted by molar-refractivity contribution is 7.82. The number of hydrogen-bond acceptors (Lipinski definition) is 7. The summed E-state index contributed by atoms with van der Waals surface area (Å²) in [5.74, 6) is 0. The zero-order chi connectivity index (χ0) is 8.55. The molecule has 0 amide bonds. The smallest absolute Gasteiger partial charge is 0.171 e. The van der Waals surface area contributed by atoms with Gasteiger partial charge < -0.3 is 5.73 Å². The molecular formula is C5H4N4S3. The van der Waals surface area contributed by atoms with Crippen molar-refractivity contribution in [3.05, 3.63) is 5.51 Å². The van der Waals surface area contributed by atoms with Gasteiger partial charge in [-0.25, -0.2) is 4.98 Å². The van der Waals surface area contributed by atoms with Crippen LogP contribution in [0, 0.1) is 0 Å². The van der Waals surface area contributed by atoms with E-state index < -0.39 is 0 Å². The molecule has 0 aliphatic rings. The lowest BCUT2D eigenvalue weighted by Gasteiger charge is -1.87. The minimum absolute atomic E-state index is 0.623. The van der Waals surface area contributed by atoms with Crippen LogP contribution in [0.2, 0.25) is 0 Å². The lowest BCUT2D eigenvalue weighted by atomic mass is 10.5. The van der Waals surface area contributed by atoms with E-state index in [4.69, 9.17) is 5.73 Å². The van der Waals surface area contributed by atoms with E-state index in [1.165, 1.54) is 22.7 Å². The van der Waals surface area contributed by atoms with Crippen LogP contribution < -0.4 is 5.73 Å². The summed E-state index contributed by atoms with van der Waals surface area (Å²) in [5, 5.41) is 9.02. The fourth-order valence-corrected chi connectivity index (χ4v) is 2.22. The number of thiazole rings is 1. The quantitative estimate of drug-likeness (QED) is 0.710. The summed E-state index contributed by atoms with van der Waals surface area (Å²) in [6, 6.07) is 0. The summed E-state index contributed by atoms with van der Waals surface area (Å²) < 4.78 is 0.623. The van der Waals surface area contributed by atoms with E-state index in [0.29, 0.717) is 15.0 Å². The number of nitrogen functional groups attached to an aromatic ring is 1. The maximum Gasteiger partial charge on any atom is 0.171 e. The van der Waals surface area contributed by atoms with Crippen molar-refractivity contribution in [3.8, 4) is 10.7 Å². The zero-order valence-electron chi connectivity index (χ0n) is 5.76. The molecule has 0 unspecified atom stereocenters. The van der Waals surface area contributed by atoms with Crippen LogP contribution in [-0.2, 0) is 0 Å². The Kier molecular flexibility index (Phi) is 1.99. The molecule has 0 bridgehead atoms. The van der Waals surface area contributed by atoms with E-state index in [2.05, 4.69) is 27.8 Å². The normalized spacial score (nSPS) is 10.4. The standard InChI is InChI=1S/C5H4N4S3/c6-3-2(7-1-11-3)4-8-9-5(10)12-4/h1H,6H2,(H,9,10). The summed E-state index contributed by atoms with van der Waals surface area (Å²) in [7, 11) is 0. The van der Waals surface area contributed by atoms with Crippen LogP contribution in [0.15, 0.2) is 9.85 Å². The van der Waals surface area contributed by atoms with Crippen LogP contribution in [0.3, 0.4) is 0 Å². The number of anilines is 1. The monoisotopic (exact) mass is 216 g/mol. The van der Waals surface area contributed by atoms with Gasteiger partial charge in [-0.3, -0.25) is 0 Å². The van der Waals surface area contributed by atoms with Gasteiger partial charge in [0.25, 0.3) is 0 Å². The van der Waals surface area contributed by atoms with Crippen LogP contribution in [0.4, 0.5) is 5.00 Å². The van der Waals surface area contributed by atoms with Gasteiger partial charge in [-0.05, 0) is 0 Å². The van der Waals surface area contributed by atoms with Crippen molar-refractivity contribution in [1.82, 2.24) is 15.2 Å². The molecule has 0 radical (unpaired) electrons. The summed E-state index contributed by atoms with van der Waals surface area (Å²) >= 11 is 6.81. The van der Waals surface area contributed by atoms with Crippen LogP contribution >= 0.6 is 35.3 Å². The Balaban J connectivity index is 2.50. The number of nitrogens with zero attached hydrogens (tertiary/aromatic N) is 3. The Labute approximate surface area is 81.9 Å². The molecular weight excluding hydrogens is 212 g/mol. The summed E-state index contributed by atoms with van der Waals surface area (Å²) in [6.07, 6.45) is 0. The Morgan fingerprint density at radius 2 is 2.25 bits per heavy atom. The van der Waals surface area contributed by atoms with Crippen LogP contribution in [-0.4, -0.2) is 15.2 Å². The number of thiol groups is 1. The minimum atomic E-state index is 0.623. The van der Waals surface area contributed by atoms with Crippen molar-refractivity contribution in [2.24, 2.45) is 0 Å². The molecule has 0 aliphatic heterocycles. The molecule has 4 nitrogen and oxygen atoms in total. The topological polar surface area (TPSA) is 64.7 Å².